The molecule has 0 saturated heterocycles. The van der Waals surface area contributed by atoms with Gasteiger partial charge in [0.25, 0.3) is 5.91 Å². The lowest BCUT2D eigenvalue weighted by Crippen LogP contribution is -2.38. The van der Waals surface area contributed by atoms with Crippen molar-refractivity contribution in [2.24, 2.45) is 0 Å². The van der Waals surface area contributed by atoms with E-state index in [2.05, 4.69) is 5.32 Å². The van der Waals surface area contributed by atoms with E-state index < -0.39 is 5.97 Å². The van der Waals surface area contributed by atoms with Crippen molar-refractivity contribution in [3.05, 3.63) is 106 Å². The van der Waals surface area contributed by atoms with Crippen LogP contribution in [-0.2, 0) is 27.4 Å². The quantitative estimate of drug-likeness (QED) is 0.404. The molecule has 2 aliphatic heterocycles. The molecule has 1 N–H and O–H groups in total. The normalized spacial score (nSPS) is 16.2. The Morgan fingerprint density at radius 3 is 2.58 bits per heavy atom. The number of aryl methyl sites for hydroxylation is 1. The summed E-state index contributed by atoms with van der Waals surface area (Å²) in [6, 6.07) is 20.6. The van der Waals surface area contributed by atoms with Gasteiger partial charge in [0.05, 0.1) is 18.7 Å². The van der Waals surface area contributed by atoms with Crippen LogP contribution in [-0.4, -0.2) is 36.1 Å². The van der Waals surface area contributed by atoms with Crippen LogP contribution in [0.2, 0.25) is 0 Å². The van der Waals surface area contributed by atoms with E-state index >= 15 is 0 Å². The van der Waals surface area contributed by atoms with Gasteiger partial charge in [0.2, 0.25) is 12.7 Å². The van der Waals surface area contributed by atoms with Crippen LogP contribution in [0, 0.1) is 6.92 Å². The lowest BCUT2D eigenvalue weighted by molar-refractivity contribution is -0.140. The van der Waals surface area contributed by atoms with Gasteiger partial charge < -0.3 is 24.4 Å². The minimum absolute atomic E-state index is 0.0882. The van der Waals surface area contributed by atoms with E-state index in [1.54, 1.807) is 36.9 Å². The number of amides is 2. The number of carbonyl (C=O) groups excluding carboxylic acids is 3. The molecule has 0 fully saturated rings. The predicted octanol–water partition coefficient (Wildman–Crippen LogP) is 5.01. The maximum absolute atomic E-state index is 13.4. The summed E-state index contributed by atoms with van der Waals surface area (Å²) in [5, 5.41) is 2.93. The van der Waals surface area contributed by atoms with E-state index in [0.717, 1.165) is 22.3 Å². The van der Waals surface area contributed by atoms with E-state index in [1.165, 1.54) is 0 Å². The fourth-order valence-electron chi connectivity index (χ4n) is 5.18. The van der Waals surface area contributed by atoms with Crippen molar-refractivity contribution in [2.75, 3.05) is 13.4 Å². The van der Waals surface area contributed by atoms with Gasteiger partial charge in [-0.1, -0.05) is 48.0 Å². The highest BCUT2D eigenvalue weighted by molar-refractivity contribution is 5.96. The average Bonchev–Trinajstić information content (AvgIpc) is 3.42. The van der Waals surface area contributed by atoms with Gasteiger partial charge in [0.1, 0.15) is 0 Å². The molecule has 1 atom stereocenters. The Kier molecular flexibility index (Phi) is 7.86. The van der Waals surface area contributed by atoms with Gasteiger partial charge in [0.15, 0.2) is 11.5 Å². The number of nitrogens with one attached hydrogen (secondary N) is 1. The molecule has 40 heavy (non-hydrogen) atoms. The van der Waals surface area contributed by atoms with Crippen molar-refractivity contribution in [3.63, 3.8) is 0 Å². The third-order valence-corrected chi connectivity index (χ3v) is 7.18. The molecule has 2 aliphatic rings. The molecular formula is C32H32N2O6. The topological polar surface area (TPSA) is 94.2 Å². The van der Waals surface area contributed by atoms with Crippen LogP contribution in [0.15, 0.2) is 78.0 Å². The minimum atomic E-state index is -0.416. The van der Waals surface area contributed by atoms with Gasteiger partial charge in [-0.15, -0.1) is 0 Å². The molecule has 206 valence electrons. The van der Waals surface area contributed by atoms with Crippen molar-refractivity contribution in [3.8, 4) is 11.5 Å². The highest BCUT2D eigenvalue weighted by Crippen LogP contribution is 2.38. The van der Waals surface area contributed by atoms with Crippen LogP contribution in [0.25, 0.3) is 0 Å². The lowest BCUT2D eigenvalue weighted by Gasteiger charge is -2.34. The van der Waals surface area contributed by atoms with Gasteiger partial charge in [-0.3, -0.25) is 9.59 Å². The summed E-state index contributed by atoms with van der Waals surface area (Å²) in [5.41, 5.74) is 5.18. The van der Waals surface area contributed by atoms with Crippen LogP contribution in [0.3, 0.4) is 0 Å². The first-order valence-corrected chi connectivity index (χ1v) is 13.3. The fourth-order valence-corrected chi connectivity index (χ4v) is 5.18. The van der Waals surface area contributed by atoms with E-state index in [9.17, 15) is 14.4 Å². The summed E-state index contributed by atoms with van der Waals surface area (Å²) in [6.07, 6.45) is 0.157. The molecule has 8 heteroatoms. The number of carbonyl (C=O) groups is 3. The Bertz CT molecular complexity index is 1490. The van der Waals surface area contributed by atoms with Crippen LogP contribution >= 0.6 is 0 Å². The molecule has 0 aromatic heterocycles. The molecule has 3 aromatic rings. The predicted molar refractivity (Wildman–Crippen MR) is 149 cm³/mol. The van der Waals surface area contributed by atoms with Crippen LogP contribution in [0.1, 0.15) is 58.8 Å². The molecule has 0 spiro atoms. The first-order chi connectivity index (χ1) is 19.3. The largest absolute Gasteiger partial charge is 0.463 e. The highest BCUT2D eigenvalue weighted by Gasteiger charge is 2.37. The summed E-state index contributed by atoms with van der Waals surface area (Å²) in [7, 11) is 0. The molecule has 1 unspecified atom stereocenters. The molecule has 8 nitrogen and oxygen atoms in total. The van der Waals surface area contributed by atoms with Gasteiger partial charge in [-0.05, 0) is 61.7 Å². The molecular weight excluding hydrogens is 508 g/mol. The maximum Gasteiger partial charge on any atom is 0.336 e. The van der Waals surface area contributed by atoms with Crippen LogP contribution in [0.4, 0.5) is 0 Å². The van der Waals surface area contributed by atoms with Crippen molar-refractivity contribution in [1.82, 2.24) is 10.2 Å². The molecule has 0 bridgehead atoms. The Balaban J connectivity index is 1.34. The number of benzene rings is 3. The van der Waals surface area contributed by atoms with Crippen molar-refractivity contribution >= 4 is 17.8 Å². The number of hydrogen-bond acceptors (Lipinski definition) is 6. The highest BCUT2D eigenvalue weighted by atomic mass is 16.7. The van der Waals surface area contributed by atoms with E-state index in [1.807, 2.05) is 55.5 Å². The second-order valence-corrected chi connectivity index (χ2v) is 9.94. The summed E-state index contributed by atoms with van der Waals surface area (Å²) in [5.74, 6) is 0.237. The summed E-state index contributed by atoms with van der Waals surface area (Å²) in [6.45, 7) is 6.54. The first-order valence-electron chi connectivity index (χ1n) is 13.3. The van der Waals surface area contributed by atoms with Gasteiger partial charge in [-0.2, -0.15) is 0 Å². The zero-order valence-corrected chi connectivity index (χ0v) is 22.9. The second kappa shape index (κ2) is 11.7. The third-order valence-electron chi connectivity index (χ3n) is 7.18. The molecule has 5 rings (SSSR count). The van der Waals surface area contributed by atoms with Crippen LogP contribution in [0.5, 0.6) is 11.5 Å². The second-order valence-electron chi connectivity index (χ2n) is 9.94. The molecule has 0 saturated carbocycles. The molecule has 2 heterocycles. The third kappa shape index (κ3) is 5.71. The monoisotopic (exact) mass is 540 g/mol. The zero-order chi connectivity index (χ0) is 28.2. The number of ether oxygens (including phenoxy) is 3. The Hall–Kier alpha value is -4.59. The standard InChI is InChI=1S/C32H32N2O6/c1-4-38-32(37)30-21(3)34(29(35)16-26(30)24-9-5-7-20(2)13-24)18-23-8-6-10-25(14-23)31(36)33-17-22-11-12-27-28(15-22)40-19-39-27/h5-15,26H,4,16-19H2,1-3H3,(H,33,36). The van der Waals surface area contributed by atoms with Crippen molar-refractivity contribution < 1.29 is 28.6 Å². The number of hydrogen-bond donors (Lipinski definition) is 1. The van der Waals surface area contributed by atoms with Gasteiger partial charge in [-0.25, -0.2) is 4.79 Å². The maximum atomic E-state index is 13.4. The SMILES string of the molecule is CCOC(=O)C1=C(C)N(Cc2cccc(C(=O)NCc3ccc4c(c3)OCO4)c2)C(=O)CC1c1cccc(C)c1. The summed E-state index contributed by atoms with van der Waals surface area (Å²) >= 11 is 0. The summed E-state index contributed by atoms with van der Waals surface area (Å²) in [4.78, 5) is 41.1. The zero-order valence-electron chi connectivity index (χ0n) is 22.9. The summed E-state index contributed by atoms with van der Waals surface area (Å²) < 4.78 is 16.1. The Labute approximate surface area is 233 Å². The van der Waals surface area contributed by atoms with E-state index in [0.29, 0.717) is 34.9 Å². The van der Waals surface area contributed by atoms with E-state index in [-0.39, 0.29) is 44.1 Å². The van der Waals surface area contributed by atoms with Crippen LogP contribution < -0.4 is 14.8 Å². The Morgan fingerprint density at radius 2 is 1.77 bits per heavy atom. The number of fused-ring (bicyclic) bond motifs is 1. The number of allylic oxidation sites excluding steroid dienone is 1. The smallest absolute Gasteiger partial charge is 0.336 e. The first kappa shape index (κ1) is 27.0. The molecule has 3 aromatic carbocycles. The average molecular weight is 541 g/mol. The van der Waals surface area contributed by atoms with Gasteiger partial charge >= 0.3 is 5.97 Å². The fraction of sp³-hybridized carbons (Fsp3) is 0.281. The lowest BCUT2D eigenvalue weighted by atomic mass is 9.83. The number of nitrogens with zero attached hydrogens (tertiary/aromatic N) is 1. The number of esters is 1. The molecule has 0 radical (unpaired) electrons. The van der Waals surface area contributed by atoms with E-state index in [4.69, 9.17) is 14.2 Å². The number of rotatable bonds is 8. The minimum Gasteiger partial charge on any atom is -0.463 e. The van der Waals surface area contributed by atoms with Gasteiger partial charge in [0, 0.05) is 30.1 Å². The Morgan fingerprint density at radius 1 is 0.975 bits per heavy atom. The van der Waals surface area contributed by atoms with Crippen molar-refractivity contribution in [1.29, 1.82) is 0 Å². The molecule has 0 aliphatic carbocycles. The molecule has 2 amide bonds. The van der Waals surface area contributed by atoms with Crippen molar-refractivity contribution in [2.45, 2.75) is 46.2 Å².